The van der Waals surface area contributed by atoms with Crippen molar-refractivity contribution in [2.24, 2.45) is 17.3 Å². The lowest BCUT2D eigenvalue weighted by molar-refractivity contribution is -0.136. The zero-order chi connectivity index (χ0) is 11.2. The molecule has 2 atom stereocenters. The van der Waals surface area contributed by atoms with Crippen LogP contribution >= 0.6 is 0 Å². The van der Waals surface area contributed by atoms with Gasteiger partial charge in [-0.2, -0.15) is 0 Å². The molecule has 2 heterocycles. The van der Waals surface area contributed by atoms with Crippen LogP contribution in [0.3, 0.4) is 0 Å². The number of hydrogen-bond acceptors (Lipinski definition) is 3. The zero-order valence-corrected chi connectivity index (χ0v) is 9.61. The Morgan fingerprint density at radius 2 is 2.31 bits per heavy atom. The number of likely N-dealkylation sites (tertiary alicyclic amines) is 1. The van der Waals surface area contributed by atoms with Gasteiger partial charge in [-0.1, -0.05) is 6.42 Å². The minimum atomic E-state index is 0.0484. The summed E-state index contributed by atoms with van der Waals surface area (Å²) in [4.78, 5) is 14.1. The predicted molar refractivity (Wildman–Crippen MR) is 59.8 cm³/mol. The van der Waals surface area contributed by atoms with Gasteiger partial charge in [0.2, 0.25) is 5.91 Å². The molecule has 1 amide bonds. The molecule has 2 aliphatic heterocycles. The highest BCUT2D eigenvalue weighted by Crippen LogP contribution is 2.48. The third kappa shape index (κ3) is 1.39. The fourth-order valence-electron chi connectivity index (χ4n) is 3.56. The number of amides is 1. The van der Waals surface area contributed by atoms with Gasteiger partial charge in [-0.15, -0.1) is 0 Å². The van der Waals surface area contributed by atoms with Crippen molar-refractivity contribution in [3.05, 3.63) is 0 Å². The minimum absolute atomic E-state index is 0.0484. The average molecular weight is 224 g/mol. The van der Waals surface area contributed by atoms with Crippen molar-refractivity contribution >= 4 is 5.91 Å². The Balaban J connectivity index is 1.69. The average Bonchev–Trinajstić information content (AvgIpc) is 2.70. The highest BCUT2D eigenvalue weighted by molar-refractivity contribution is 5.80. The fraction of sp³-hybridized carbons (Fsp3) is 0.917. The van der Waals surface area contributed by atoms with Crippen LogP contribution in [0.2, 0.25) is 0 Å². The quantitative estimate of drug-likeness (QED) is 0.684. The number of fused-ring (bicyclic) bond motifs is 1. The summed E-state index contributed by atoms with van der Waals surface area (Å²) in [5.41, 5.74) is 0.0484. The number of hydrogen-bond donors (Lipinski definition) is 2. The van der Waals surface area contributed by atoms with E-state index in [1.807, 2.05) is 4.90 Å². The largest absolute Gasteiger partial charge is 0.396 e. The van der Waals surface area contributed by atoms with Crippen molar-refractivity contribution in [3.63, 3.8) is 0 Å². The summed E-state index contributed by atoms with van der Waals surface area (Å²) in [5.74, 6) is 1.06. The second-order valence-electron chi connectivity index (χ2n) is 5.68. The lowest BCUT2D eigenvalue weighted by atomic mass is 9.82. The molecule has 0 aromatic heterocycles. The van der Waals surface area contributed by atoms with E-state index in [1.165, 1.54) is 12.8 Å². The molecule has 3 fully saturated rings. The normalized spacial score (nSPS) is 38.6. The van der Waals surface area contributed by atoms with E-state index in [-0.39, 0.29) is 17.9 Å². The van der Waals surface area contributed by atoms with Crippen LogP contribution in [0.1, 0.15) is 19.3 Å². The van der Waals surface area contributed by atoms with Gasteiger partial charge in [-0.3, -0.25) is 4.79 Å². The number of carbonyl (C=O) groups is 1. The van der Waals surface area contributed by atoms with Gasteiger partial charge in [0.25, 0.3) is 0 Å². The molecular formula is C12H20N2O2. The van der Waals surface area contributed by atoms with Gasteiger partial charge < -0.3 is 15.3 Å². The Labute approximate surface area is 96.0 Å². The minimum Gasteiger partial charge on any atom is -0.396 e. The van der Waals surface area contributed by atoms with Crippen molar-refractivity contribution in [1.82, 2.24) is 10.2 Å². The lowest BCUT2D eigenvalue weighted by Gasteiger charge is -2.31. The van der Waals surface area contributed by atoms with Crippen molar-refractivity contribution in [2.75, 3.05) is 32.8 Å². The molecule has 3 rings (SSSR count). The molecule has 4 heteroatoms. The van der Waals surface area contributed by atoms with Crippen LogP contribution in [-0.4, -0.2) is 48.7 Å². The molecule has 90 valence electrons. The van der Waals surface area contributed by atoms with Gasteiger partial charge >= 0.3 is 0 Å². The molecule has 0 radical (unpaired) electrons. The molecule has 2 N–H and O–H groups in total. The molecule has 2 saturated heterocycles. The van der Waals surface area contributed by atoms with Crippen LogP contribution < -0.4 is 5.32 Å². The summed E-state index contributed by atoms with van der Waals surface area (Å²) in [6.07, 6.45) is 3.51. The maximum atomic E-state index is 12.1. The molecule has 0 unspecified atom stereocenters. The summed E-state index contributed by atoms with van der Waals surface area (Å²) >= 11 is 0. The molecule has 16 heavy (non-hydrogen) atoms. The fourth-order valence-corrected chi connectivity index (χ4v) is 3.56. The van der Waals surface area contributed by atoms with Crippen LogP contribution in [0.15, 0.2) is 0 Å². The highest BCUT2D eigenvalue weighted by atomic mass is 16.3. The standard InChI is InChI=1S/C12H20N2O2/c15-8-12-3-1-2-10(12)6-14(7-12)11(16)9-4-13-5-9/h9-10,13,15H,1-8H2/t10-,12+/m1/s1. The van der Waals surface area contributed by atoms with Crippen LogP contribution in [0.25, 0.3) is 0 Å². The monoisotopic (exact) mass is 224 g/mol. The van der Waals surface area contributed by atoms with Crippen molar-refractivity contribution in [3.8, 4) is 0 Å². The van der Waals surface area contributed by atoms with E-state index < -0.39 is 0 Å². The second kappa shape index (κ2) is 3.70. The molecule has 4 nitrogen and oxygen atoms in total. The third-order valence-corrected chi connectivity index (χ3v) is 4.80. The topological polar surface area (TPSA) is 52.6 Å². The van der Waals surface area contributed by atoms with E-state index in [1.54, 1.807) is 0 Å². The summed E-state index contributed by atoms with van der Waals surface area (Å²) < 4.78 is 0. The molecule has 1 aliphatic carbocycles. The number of nitrogens with one attached hydrogen (secondary N) is 1. The molecule has 0 aromatic rings. The van der Waals surface area contributed by atoms with E-state index in [0.29, 0.717) is 11.8 Å². The molecule has 0 spiro atoms. The Kier molecular flexibility index (Phi) is 2.44. The van der Waals surface area contributed by atoms with Gasteiger partial charge in [-0.25, -0.2) is 0 Å². The van der Waals surface area contributed by atoms with Gasteiger partial charge in [0.1, 0.15) is 0 Å². The second-order valence-corrected chi connectivity index (χ2v) is 5.68. The van der Waals surface area contributed by atoms with Crippen LogP contribution in [0, 0.1) is 17.3 Å². The van der Waals surface area contributed by atoms with Gasteiger partial charge in [-0.05, 0) is 18.8 Å². The maximum absolute atomic E-state index is 12.1. The van der Waals surface area contributed by atoms with E-state index in [4.69, 9.17) is 0 Å². The zero-order valence-electron chi connectivity index (χ0n) is 9.61. The van der Waals surface area contributed by atoms with Crippen molar-refractivity contribution < 1.29 is 9.90 Å². The number of aliphatic hydroxyl groups is 1. The Morgan fingerprint density at radius 3 is 2.88 bits per heavy atom. The first-order valence-corrected chi connectivity index (χ1v) is 6.35. The van der Waals surface area contributed by atoms with Gasteiger partial charge in [0.05, 0.1) is 12.5 Å². The Bertz CT molecular complexity index is 303. The Morgan fingerprint density at radius 1 is 1.50 bits per heavy atom. The van der Waals surface area contributed by atoms with Crippen molar-refractivity contribution in [2.45, 2.75) is 19.3 Å². The summed E-state index contributed by atoms with van der Waals surface area (Å²) in [6.45, 7) is 3.61. The molecule has 1 saturated carbocycles. The van der Waals surface area contributed by atoms with Crippen LogP contribution in [-0.2, 0) is 4.79 Å². The number of aliphatic hydroxyl groups excluding tert-OH is 1. The van der Waals surface area contributed by atoms with Crippen LogP contribution in [0.5, 0.6) is 0 Å². The smallest absolute Gasteiger partial charge is 0.228 e. The van der Waals surface area contributed by atoms with Crippen molar-refractivity contribution in [1.29, 1.82) is 0 Å². The summed E-state index contributed by atoms with van der Waals surface area (Å²) in [5, 5.41) is 12.7. The molecule has 0 aromatic carbocycles. The Hall–Kier alpha value is -0.610. The SMILES string of the molecule is O=C(C1CNC1)N1C[C@H]2CCC[C@@]2(CO)C1. The van der Waals surface area contributed by atoms with E-state index in [0.717, 1.165) is 32.6 Å². The summed E-state index contributed by atoms with van der Waals surface area (Å²) in [6, 6.07) is 0. The first-order chi connectivity index (χ1) is 7.75. The first kappa shape index (κ1) is 10.5. The third-order valence-electron chi connectivity index (χ3n) is 4.80. The maximum Gasteiger partial charge on any atom is 0.228 e. The molecule has 3 aliphatic rings. The van der Waals surface area contributed by atoms with E-state index in [2.05, 4.69) is 5.32 Å². The summed E-state index contributed by atoms with van der Waals surface area (Å²) in [7, 11) is 0. The van der Waals surface area contributed by atoms with Gasteiger partial charge in [0, 0.05) is 31.6 Å². The molecular weight excluding hydrogens is 204 g/mol. The number of rotatable bonds is 2. The van der Waals surface area contributed by atoms with Gasteiger partial charge in [0.15, 0.2) is 0 Å². The predicted octanol–water partition coefficient (Wildman–Crippen LogP) is -0.173. The highest BCUT2D eigenvalue weighted by Gasteiger charge is 2.51. The number of nitrogens with zero attached hydrogens (tertiary/aromatic N) is 1. The number of carbonyl (C=O) groups excluding carboxylic acids is 1. The molecule has 0 bridgehead atoms. The lowest BCUT2D eigenvalue weighted by Crippen LogP contribution is -2.52. The van der Waals surface area contributed by atoms with Crippen LogP contribution in [0.4, 0.5) is 0 Å². The van der Waals surface area contributed by atoms with E-state index >= 15 is 0 Å². The van der Waals surface area contributed by atoms with E-state index in [9.17, 15) is 9.90 Å². The first-order valence-electron chi connectivity index (χ1n) is 6.35.